The fourth-order valence-corrected chi connectivity index (χ4v) is 4.04. The van der Waals surface area contributed by atoms with Crippen molar-refractivity contribution >= 4 is 40.5 Å². The Labute approximate surface area is 198 Å². The number of hydrogen-bond acceptors (Lipinski definition) is 4. The summed E-state index contributed by atoms with van der Waals surface area (Å²) in [5.41, 5.74) is 5.29. The molecular formula is C26H25Cl2N3O. The molecule has 6 heteroatoms. The van der Waals surface area contributed by atoms with Crippen molar-refractivity contribution in [2.75, 3.05) is 25.0 Å². The minimum absolute atomic E-state index is 0.105. The Morgan fingerprint density at radius 3 is 2.50 bits per heavy atom. The summed E-state index contributed by atoms with van der Waals surface area (Å²) in [5.74, 6) is 0.105. The molecule has 0 saturated heterocycles. The highest BCUT2D eigenvalue weighted by atomic mass is 35.5. The fourth-order valence-electron chi connectivity index (χ4n) is 3.74. The van der Waals surface area contributed by atoms with E-state index >= 15 is 0 Å². The van der Waals surface area contributed by atoms with E-state index in [1.807, 2.05) is 36.4 Å². The predicted octanol–water partition coefficient (Wildman–Crippen LogP) is 6.50. The van der Waals surface area contributed by atoms with E-state index in [0.29, 0.717) is 16.7 Å². The van der Waals surface area contributed by atoms with Crippen molar-refractivity contribution in [2.24, 2.45) is 0 Å². The first-order valence-corrected chi connectivity index (χ1v) is 11.3. The third kappa shape index (κ3) is 5.92. The Morgan fingerprint density at radius 2 is 1.72 bits per heavy atom. The third-order valence-corrected chi connectivity index (χ3v) is 6.17. The summed E-state index contributed by atoms with van der Waals surface area (Å²) >= 11 is 12.2. The van der Waals surface area contributed by atoms with Crippen LogP contribution in [0.2, 0.25) is 10.0 Å². The van der Waals surface area contributed by atoms with Crippen LogP contribution >= 0.6 is 23.2 Å². The van der Waals surface area contributed by atoms with Gasteiger partial charge in [0.05, 0.1) is 15.7 Å². The van der Waals surface area contributed by atoms with Crippen molar-refractivity contribution in [1.29, 1.82) is 5.41 Å². The molecule has 0 fully saturated rings. The van der Waals surface area contributed by atoms with Crippen molar-refractivity contribution in [2.45, 2.75) is 13.0 Å². The number of hydrogen-bond donors (Lipinski definition) is 2. The first-order valence-electron chi connectivity index (χ1n) is 10.6. The van der Waals surface area contributed by atoms with Crippen LogP contribution in [0.5, 0.6) is 0 Å². The van der Waals surface area contributed by atoms with Crippen molar-refractivity contribution in [3.8, 4) is 0 Å². The highest BCUT2D eigenvalue weighted by Crippen LogP contribution is 2.27. The summed E-state index contributed by atoms with van der Waals surface area (Å²) in [6, 6.07) is 23.8. The third-order valence-electron chi connectivity index (χ3n) is 5.43. The second-order valence-corrected chi connectivity index (χ2v) is 8.50. The monoisotopic (exact) mass is 465 g/mol. The van der Waals surface area contributed by atoms with Gasteiger partial charge in [0.25, 0.3) is 0 Å². The van der Waals surface area contributed by atoms with E-state index in [1.165, 1.54) is 11.1 Å². The Kier molecular flexibility index (Phi) is 7.48. The number of benzene rings is 3. The molecule has 0 atom stereocenters. The number of rotatable bonds is 7. The van der Waals surface area contributed by atoms with Crippen LogP contribution in [0.4, 0.5) is 5.69 Å². The predicted molar refractivity (Wildman–Crippen MR) is 134 cm³/mol. The minimum Gasteiger partial charge on any atom is -0.477 e. The average Bonchev–Trinajstić information content (AvgIpc) is 2.81. The van der Waals surface area contributed by atoms with Crippen LogP contribution in [0, 0.1) is 5.41 Å². The molecule has 32 heavy (non-hydrogen) atoms. The van der Waals surface area contributed by atoms with Crippen LogP contribution < -0.4 is 5.32 Å². The van der Waals surface area contributed by atoms with Crippen LogP contribution in [0.3, 0.4) is 0 Å². The molecule has 0 aromatic heterocycles. The number of anilines is 1. The van der Waals surface area contributed by atoms with Gasteiger partial charge >= 0.3 is 0 Å². The van der Waals surface area contributed by atoms with Crippen molar-refractivity contribution < 1.29 is 4.74 Å². The Hall–Kier alpha value is -2.79. The van der Waals surface area contributed by atoms with Gasteiger partial charge in [-0.15, -0.1) is 0 Å². The molecule has 4 nitrogen and oxygen atoms in total. The molecule has 4 rings (SSSR count). The van der Waals surface area contributed by atoms with E-state index in [2.05, 4.69) is 34.5 Å². The highest BCUT2D eigenvalue weighted by molar-refractivity contribution is 6.42. The number of nitrogens with one attached hydrogen (secondary N) is 2. The van der Waals surface area contributed by atoms with Crippen molar-refractivity contribution in [3.05, 3.63) is 106 Å². The maximum absolute atomic E-state index is 8.34. The molecule has 0 amide bonds. The van der Waals surface area contributed by atoms with Gasteiger partial charge in [0, 0.05) is 31.4 Å². The molecule has 3 aromatic rings. The number of fused-ring (bicyclic) bond motifs is 1. The first kappa shape index (κ1) is 22.4. The highest BCUT2D eigenvalue weighted by Gasteiger charge is 2.15. The molecule has 0 unspecified atom stereocenters. The quantitative estimate of drug-likeness (QED) is 0.309. The molecule has 1 heterocycles. The Morgan fingerprint density at radius 1 is 0.969 bits per heavy atom. The summed E-state index contributed by atoms with van der Waals surface area (Å²) in [4.78, 5) is 2.37. The Balaban J connectivity index is 1.39. The van der Waals surface area contributed by atoms with Crippen LogP contribution in [0.15, 0.2) is 78.9 Å². The van der Waals surface area contributed by atoms with Crippen LogP contribution in [0.1, 0.15) is 16.7 Å². The van der Waals surface area contributed by atoms with Gasteiger partial charge in [0.15, 0.2) is 0 Å². The average molecular weight is 466 g/mol. The second kappa shape index (κ2) is 10.7. The number of nitrogens with zero attached hydrogens (tertiary/aromatic N) is 1. The minimum atomic E-state index is 0.105. The standard InChI is InChI=1S/C26H25Cl2N3O/c27-23-11-10-22(16-24(23)28)30-25(20-7-2-1-3-8-20)17-26(29)32-15-14-31-13-12-19-6-4-5-9-21(19)18-31/h1-11,16-17,29-30H,12-15,18H2/b25-17-,29-26?. The van der Waals surface area contributed by atoms with Gasteiger partial charge in [-0.2, -0.15) is 0 Å². The summed E-state index contributed by atoms with van der Waals surface area (Å²) < 4.78 is 5.74. The molecule has 1 aliphatic heterocycles. The molecule has 0 radical (unpaired) electrons. The molecule has 0 aliphatic carbocycles. The maximum atomic E-state index is 8.34. The molecular weight excluding hydrogens is 441 g/mol. The molecule has 0 saturated carbocycles. The van der Waals surface area contributed by atoms with E-state index in [1.54, 1.807) is 18.2 Å². The first-order chi connectivity index (χ1) is 15.6. The zero-order valence-corrected chi connectivity index (χ0v) is 19.2. The summed E-state index contributed by atoms with van der Waals surface area (Å²) in [6.07, 6.45) is 2.75. The van der Waals surface area contributed by atoms with Gasteiger partial charge in [0.1, 0.15) is 6.61 Å². The SMILES string of the molecule is N=C(/C=C(\Nc1ccc(Cl)c(Cl)c1)c1ccccc1)OCCN1CCc2ccccc2C1. The topological polar surface area (TPSA) is 48.4 Å². The largest absolute Gasteiger partial charge is 0.477 e. The molecule has 0 spiro atoms. The van der Waals surface area contributed by atoms with E-state index in [9.17, 15) is 0 Å². The van der Waals surface area contributed by atoms with Gasteiger partial charge in [-0.3, -0.25) is 10.3 Å². The molecule has 3 aromatic carbocycles. The van der Waals surface area contributed by atoms with Gasteiger partial charge in [0.2, 0.25) is 5.90 Å². The van der Waals surface area contributed by atoms with Gasteiger partial charge in [-0.25, -0.2) is 0 Å². The molecule has 0 bridgehead atoms. The molecule has 2 N–H and O–H groups in total. The number of ether oxygens (including phenoxy) is 1. The van der Waals surface area contributed by atoms with Gasteiger partial charge in [-0.1, -0.05) is 77.8 Å². The van der Waals surface area contributed by atoms with E-state index in [-0.39, 0.29) is 5.90 Å². The zero-order chi connectivity index (χ0) is 22.3. The van der Waals surface area contributed by atoms with Crippen molar-refractivity contribution in [1.82, 2.24) is 4.90 Å². The summed E-state index contributed by atoms with van der Waals surface area (Å²) in [6.45, 7) is 3.19. The molecule has 164 valence electrons. The number of halogens is 2. The van der Waals surface area contributed by atoms with Gasteiger partial charge in [-0.05, 0) is 41.3 Å². The normalized spacial score (nSPS) is 14.0. The van der Waals surface area contributed by atoms with E-state index in [0.717, 1.165) is 43.0 Å². The fraction of sp³-hybridized carbons (Fsp3) is 0.192. The summed E-state index contributed by atoms with van der Waals surface area (Å²) in [7, 11) is 0. The lowest BCUT2D eigenvalue weighted by Gasteiger charge is -2.28. The lowest BCUT2D eigenvalue weighted by Crippen LogP contribution is -2.33. The van der Waals surface area contributed by atoms with E-state index < -0.39 is 0 Å². The maximum Gasteiger partial charge on any atom is 0.207 e. The van der Waals surface area contributed by atoms with Crippen LogP contribution in [-0.4, -0.2) is 30.5 Å². The Bertz CT molecular complexity index is 1120. The zero-order valence-electron chi connectivity index (χ0n) is 17.7. The van der Waals surface area contributed by atoms with E-state index in [4.69, 9.17) is 33.3 Å². The van der Waals surface area contributed by atoms with Crippen molar-refractivity contribution in [3.63, 3.8) is 0 Å². The summed E-state index contributed by atoms with van der Waals surface area (Å²) in [5, 5.41) is 12.6. The van der Waals surface area contributed by atoms with Gasteiger partial charge < -0.3 is 10.1 Å². The lowest BCUT2D eigenvalue weighted by molar-refractivity contribution is 0.190. The molecule has 1 aliphatic rings. The van der Waals surface area contributed by atoms with Crippen LogP contribution in [-0.2, 0) is 17.7 Å². The smallest absolute Gasteiger partial charge is 0.207 e. The lowest BCUT2D eigenvalue weighted by atomic mass is 10.0. The van der Waals surface area contributed by atoms with Crippen LogP contribution in [0.25, 0.3) is 5.70 Å². The second-order valence-electron chi connectivity index (χ2n) is 7.69.